The van der Waals surface area contributed by atoms with Gasteiger partial charge in [0.05, 0.1) is 11.4 Å². The highest BCUT2D eigenvalue weighted by atomic mass is 79.9. The minimum Gasteiger partial charge on any atom is -0.399 e. The van der Waals surface area contributed by atoms with Gasteiger partial charge in [0.2, 0.25) is 0 Å². The number of halogens is 1. The third-order valence-electron chi connectivity index (χ3n) is 2.48. The second-order valence-electron chi connectivity index (χ2n) is 3.85. The standard InChI is InChI=1S/C13H9BrN4S/c14-12-3-1-2-9(18-12)10-6-8(15)7-11(17-10)13-16-4-5-19-13/h1-7H,(H2,15,17). The van der Waals surface area contributed by atoms with E-state index >= 15 is 0 Å². The number of nitrogens with zero attached hydrogens (tertiary/aromatic N) is 3. The average molecular weight is 333 g/mol. The summed E-state index contributed by atoms with van der Waals surface area (Å²) in [5.74, 6) is 0. The molecule has 0 spiro atoms. The van der Waals surface area contributed by atoms with Crippen LogP contribution in [0, 0.1) is 0 Å². The second kappa shape index (κ2) is 5.07. The first-order valence-electron chi connectivity index (χ1n) is 5.53. The maximum absolute atomic E-state index is 5.94. The fourth-order valence-corrected chi connectivity index (χ4v) is 2.63. The molecule has 0 saturated carbocycles. The lowest BCUT2D eigenvalue weighted by atomic mass is 10.2. The van der Waals surface area contributed by atoms with Gasteiger partial charge in [0.1, 0.15) is 15.3 Å². The lowest BCUT2D eigenvalue weighted by molar-refractivity contribution is 1.22. The van der Waals surface area contributed by atoms with Crippen molar-refractivity contribution in [3.8, 4) is 22.1 Å². The molecule has 0 radical (unpaired) electrons. The highest BCUT2D eigenvalue weighted by Crippen LogP contribution is 2.26. The Balaban J connectivity index is 2.12. The molecule has 3 rings (SSSR count). The average Bonchev–Trinajstić information content (AvgIpc) is 2.92. The first kappa shape index (κ1) is 12.3. The number of rotatable bonds is 2. The molecule has 0 saturated heterocycles. The minimum absolute atomic E-state index is 0.650. The predicted octanol–water partition coefficient (Wildman–Crippen LogP) is 3.61. The van der Waals surface area contributed by atoms with E-state index < -0.39 is 0 Å². The van der Waals surface area contributed by atoms with Crippen LogP contribution in [0.2, 0.25) is 0 Å². The molecule has 0 bridgehead atoms. The van der Waals surface area contributed by atoms with Gasteiger partial charge < -0.3 is 5.73 Å². The fourth-order valence-electron chi connectivity index (χ4n) is 1.69. The van der Waals surface area contributed by atoms with Crippen LogP contribution in [-0.4, -0.2) is 15.0 Å². The normalized spacial score (nSPS) is 10.6. The van der Waals surface area contributed by atoms with Crippen molar-refractivity contribution in [3.05, 3.63) is 46.5 Å². The Morgan fingerprint density at radius 3 is 2.63 bits per heavy atom. The zero-order chi connectivity index (χ0) is 13.2. The number of thiazole rings is 1. The van der Waals surface area contributed by atoms with E-state index in [-0.39, 0.29) is 0 Å². The molecule has 2 N–H and O–H groups in total. The van der Waals surface area contributed by atoms with E-state index in [0.717, 1.165) is 26.7 Å². The monoisotopic (exact) mass is 332 g/mol. The quantitative estimate of drug-likeness (QED) is 0.728. The topological polar surface area (TPSA) is 64.7 Å². The number of hydrogen-bond acceptors (Lipinski definition) is 5. The molecule has 19 heavy (non-hydrogen) atoms. The van der Waals surface area contributed by atoms with Gasteiger partial charge in [0, 0.05) is 17.3 Å². The first-order valence-corrected chi connectivity index (χ1v) is 7.20. The van der Waals surface area contributed by atoms with Gasteiger partial charge >= 0.3 is 0 Å². The van der Waals surface area contributed by atoms with E-state index in [1.54, 1.807) is 6.20 Å². The van der Waals surface area contributed by atoms with Crippen LogP contribution in [0.1, 0.15) is 0 Å². The maximum atomic E-state index is 5.94. The molecule has 0 fully saturated rings. The summed E-state index contributed by atoms with van der Waals surface area (Å²) in [4.78, 5) is 13.2. The molecular weight excluding hydrogens is 324 g/mol. The molecule has 6 heteroatoms. The van der Waals surface area contributed by atoms with Crippen LogP contribution in [-0.2, 0) is 0 Å². The van der Waals surface area contributed by atoms with Gasteiger partial charge in [-0.05, 0) is 40.2 Å². The summed E-state index contributed by atoms with van der Waals surface area (Å²) in [6.45, 7) is 0. The molecule has 0 aliphatic heterocycles. The lowest BCUT2D eigenvalue weighted by Gasteiger charge is -2.05. The summed E-state index contributed by atoms with van der Waals surface area (Å²) in [5, 5.41) is 2.76. The molecule has 0 aliphatic rings. The predicted molar refractivity (Wildman–Crippen MR) is 80.7 cm³/mol. The maximum Gasteiger partial charge on any atom is 0.141 e. The number of hydrogen-bond donors (Lipinski definition) is 1. The third-order valence-corrected chi connectivity index (χ3v) is 3.71. The zero-order valence-corrected chi connectivity index (χ0v) is 12.1. The summed E-state index contributed by atoms with van der Waals surface area (Å²) in [5.41, 5.74) is 8.88. The second-order valence-corrected chi connectivity index (χ2v) is 5.56. The third kappa shape index (κ3) is 2.64. The molecular formula is C13H9BrN4S. The fraction of sp³-hybridized carbons (Fsp3) is 0. The van der Waals surface area contributed by atoms with Crippen LogP contribution in [0.5, 0.6) is 0 Å². The van der Waals surface area contributed by atoms with Gasteiger partial charge in [-0.25, -0.2) is 15.0 Å². The van der Waals surface area contributed by atoms with Gasteiger partial charge in [-0.3, -0.25) is 0 Å². The summed E-state index contributed by atoms with van der Waals surface area (Å²) < 4.78 is 0.769. The molecule has 3 aromatic heterocycles. The number of pyridine rings is 2. The van der Waals surface area contributed by atoms with Crippen molar-refractivity contribution in [1.82, 2.24) is 15.0 Å². The Bertz CT molecular complexity index is 712. The SMILES string of the molecule is Nc1cc(-c2cccc(Br)n2)nc(-c2nccs2)c1. The van der Waals surface area contributed by atoms with Crippen molar-refractivity contribution in [3.63, 3.8) is 0 Å². The van der Waals surface area contributed by atoms with Crippen molar-refractivity contribution >= 4 is 33.0 Å². The van der Waals surface area contributed by atoms with Gasteiger partial charge in [0.15, 0.2) is 0 Å². The van der Waals surface area contributed by atoms with Gasteiger partial charge in [0.25, 0.3) is 0 Å². The molecule has 0 aromatic carbocycles. The largest absolute Gasteiger partial charge is 0.399 e. The lowest BCUT2D eigenvalue weighted by Crippen LogP contribution is -1.94. The Hall–Kier alpha value is -1.79. The molecule has 3 aromatic rings. The van der Waals surface area contributed by atoms with Crippen LogP contribution < -0.4 is 5.73 Å². The first-order chi connectivity index (χ1) is 9.22. The van der Waals surface area contributed by atoms with E-state index in [4.69, 9.17) is 5.73 Å². The highest BCUT2D eigenvalue weighted by molar-refractivity contribution is 9.10. The molecule has 0 amide bonds. The van der Waals surface area contributed by atoms with Crippen molar-refractivity contribution in [1.29, 1.82) is 0 Å². The van der Waals surface area contributed by atoms with Gasteiger partial charge in [-0.2, -0.15) is 0 Å². The summed E-state index contributed by atoms with van der Waals surface area (Å²) >= 11 is 4.89. The number of anilines is 1. The molecule has 0 unspecified atom stereocenters. The van der Waals surface area contributed by atoms with E-state index in [1.807, 2.05) is 35.7 Å². The van der Waals surface area contributed by atoms with Crippen molar-refractivity contribution in [2.45, 2.75) is 0 Å². The van der Waals surface area contributed by atoms with Crippen LogP contribution in [0.15, 0.2) is 46.5 Å². The number of nitrogens with two attached hydrogens (primary N) is 1. The van der Waals surface area contributed by atoms with E-state index in [2.05, 4.69) is 30.9 Å². The van der Waals surface area contributed by atoms with Crippen LogP contribution >= 0.6 is 27.3 Å². The summed E-state index contributed by atoms with van der Waals surface area (Å²) in [6, 6.07) is 9.32. The Labute approximate surface area is 122 Å². The minimum atomic E-state index is 0.650. The summed E-state index contributed by atoms with van der Waals surface area (Å²) in [7, 11) is 0. The Morgan fingerprint density at radius 2 is 1.89 bits per heavy atom. The number of nitrogen functional groups attached to an aromatic ring is 1. The van der Waals surface area contributed by atoms with E-state index in [1.165, 1.54) is 11.3 Å². The summed E-state index contributed by atoms with van der Waals surface area (Å²) in [6.07, 6.45) is 1.75. The van der Waals surface area contributed by atoms with Crippen LogP contribution in [0.3, 0.4) is 0 Å². The van der Waals surface area contributed by atoms with Crippen molar-refractivity contribution < 1.29 is 0 Å². The van der Waals surface area contributed by atoms with Crippen LogP contribution in [0.4, 0.5) is 5.69 Å². The molecule has 94 valence electrons. The van der Waals surface area contributed by atoms with Crippen molar-refractivity contribution in [2.24, 2.45) is 0 Å². The van der Waals surface area contributed by atoms with E-state index in [0.29, 0.717) is 5.69 Å². The molecule has 0 aliphatic carbocycles. The van der Waals surface area contributed by atoms with E-state index in [9.17, 15) is 0 Å². The zero-order valence-electron chi connectivity index (χ0n) is 9.75. The number of aromatic nitrogens is 3. The molecule has 4 nitrogen and oxygen atoms in total. The Kier molecular flexibility index (Phi) is 3.27. The van der Waals surface area contributed by atoms with Gasteiger partial charge in [-0.1, -0.05) is 6.07 Å². The molecule has 3 heterocycles. The Morgan fingerprint density at radius 1 is 1.05 bits per heavy atom. The highest BCUT2D eigenvalue weighted by Gasteiger charge is 2.08. The van der Waals surface area contributed by atoms with Gasteiger partial charge in [-0.15, -0.1) is 11.3 Å². The smallest absolute Gasteiger partial charge is 0.141 e. The van der Waals surface area contributed by atoms with Crippen molar-refractivity contribution in [2.75, 3.05) is 5.73 Å². The van der Waals surface area contributed by atoms with Crippen LogP contribution in [0.25, 0.3) is 22.1 Å². The molecule has 0 atom stereocenters.